The van der Waals surface area contributed by atoms with E-state index >= 15 is 0 Å². The van der Waals surface area contributed by atoms with E-state index in [1.807, 2.05) is 0 Å². The summed E-state index contributed by atoms with van der Waals surface area (Å²) in [6.45, 7) is 7.78. The van der Waals surface area contributed by atoms with Gasteiger partial charge >= 0.3 is 0 Å². The molecule has 0 radical (unpaired) electrons. The summed E-state index contributed by atoms with van der Waals surface area (Å²) < 4.78 is 0. The van der Waals surface area contributed by atoms with Crippen LogP contribution in [0, 0.1) is 5.41 Å². The molecule has 0 atom stereocenters. The van der Waals surface area contributed by atoms with Gasteiger partial charge in [0.1, 0.15) is 0 Å². The molecule has 0 saturated carbocycles. The van der Waals surface area contributed by atoms with Gasteiger partial charge in [0.15, 0.2) is 0 Å². The van der Waals surface area contributed by atoms with Crippen LogP contribution in [-0.2, 0) is 0 Å². The van der Waals surface area contributed by atoms with E-state index in [-0.39, 0.29) is 6.10 Å². The predicted octanol–water partition coefficient (Wildman–Crippen LogP) is 2.18. The molecule has 0 aromatic rings. The molecule has 1 fully saturated rings. The van der Waals surface area contributed by atoms with E-state index in [1.165, 1.54) is 12.8 Å². The molecule has 90 valence electrons. The Hall–Kier alpha value is 0.270. The van der Waals surface area contributed by atoms with Crippen molar-refractivity contribution in [1.82, 2.24) is 4.90 Å². The van der Waals surface area contributed by atoms with Crippen LogP contribution < -0.4 is 0 Å². The molecule has 2 nitrogen and oxygen atoms in total. The van der Waals surface area contributed by atoms with Gasteiger partial charge in [0, 0.05) is 19.6 Å². The van der Waals surface area contributed by atoms with Gasteiger partial charge in [0.2, 0.25) is 0 Å². The third kappa shape index (κ3) is 3.65. The SMILES string of the molecule is CCC(CC)(CS)CN1CCC(O)CC1. The molecule has 0 aromatic heterocycles. The first-order valence-corrected chi connectivity index (χ1v) is 6.80. The first kappa shape index (κ1) is 13.3. The fourth-order valence-corrected chi connectivity index (χ4v) is 2.85. The lowest BCUT2D eigenvalue weighted by atomic mass is 9.83. The second-order valence-corrected chi connectivity index (χ2v) is 5.19. The summed E-state index contributed by atoms with van der Waals surface area (Å²) in [5, 5.41) is 9.46. The van der Waals surface area contributed by atoms with Crippen LogP contribution in [0.15, 0.2) is 0 Å². The van der Waals surface area contributed by atoms with Crippen LogP contribution >= 0.6 is 12.6 Å². The van der Waals surface area contributed by atoms with Crippen molar-refractivity contribution in [3.63, 3.8) is 0 Å². The van der Waals surface area contributed by atoms with Crippen molar-refractivity contribution in [2.75, 3.05) is 25.4 Å². The Bertz CT molecular complexity index is 166. The van der Waals surface area contributed by atoms with Gasteiger partial charge in [-0.3, -0.25) is 0 Å². The molecule has 0 amide bonds. The first-order chi connectivity index (χ1) is 7.15. The molecule has 1 aliphatic rings. The number of likely N-dealkylation sites (tertiary alicyclic amines) is 1. The summed E-state index contributed by atoms with van der Waals surface area (Å²) in [7, 11) is 0. The fraction of sp³-hybridized carbons (Fsp3) is 1.00. The van der Waals surface area contributed by atoms with Crippen LogP contribution in [0.4, 0.5) is 0 Å². The van der Waals surface area contributed by atoms with Gasteiger partial charge in [-0.25, -0.2) is 0 Å². The minimum absolute atomic E-state index is 0.0603. The first-order valence-electron chi connectivity index (χ1n) is 6.17. The molecule has 0 spiro atoms. The lowest BCUT2D eigenvalue weighted by Gasteiger charge is -2.38. The highest BCUT2D eigenvalue weighted by Gasteiger charge is 2.28. The topological polar surface area (TPSA) is 23.5 Å². The highest BCUT2D eigenvalue weighted by atomic mass is 32.1. The maximum Gasteiger partial charge on any atom is 0.0564 e. The molecule has 3 heteroatoms. The van der Waals surface area contributed by atoms with Crippen molar-refractivity contribution in [2.24, 2.45) is 5.41 Å². The van der Waals surface area contributed by atoms with Gasteiger partial charge in [-0.2, -0.15) is 12.6 Å². The summed E-state index contributed by atoms with van der Waals surface area (Å²) in [6.07, 6.45) is 4.22. The summed E-state index contributed by atoms with van der Waals surface area (Å²) in [5.74, 6) is 0.971. The molecular formula is C12H25NOS. The molecular weight excluding hydrogens is 206 g/mol. The average Bonchev–Trinajstić information content (AvgIpc) is 2.29. The molecule has 1 N–H and O–H groups in total. The number of piperidine rings is 1. The highest BCUT2D eigenvalue weighted by molar-refractivity contribution is 7.80. The molecule has 1 aliphatic heterocycles. The van der Waals surface area contributed by atoms with Crippen LogP contribution in [0.5, 0.6) is 0 Å². The van der Waals surface area contributed by atoms with Crippen LogP contribution in [0.1, 0.15) is 39.5 Å². The maximum atomic E-state index is 9.46. The smallest absolute Gasteiger partial charge is 0.0564 e. The quantitative estimate of drug-likeness (QED) is 0.709. The molecule has 1 rings (SSSR count). The van der Waals surface area contributed by atoms with Crippen molar-refractivity contribution in [2.45, 2.75) is 45.6 Å². The Morgan fingerprint density at radius 2 is 1.80 bits per heavy atom. The van der Waals surface area contributed by atoms with E-state index in [1.54, 1.807) is 0 Å². The van der Waals surface area contributed by atoms with E-state index < -0.39 is 0 Å². The van der Waals surface area contributed by atoms with E-state index in [9.17, 15) is 5.11 Å². The Kier molecular flexibility index (Phi) is 5.44. The number of rotatable bonds is 5. The maximum absolute atomic E-state index is 9.46. The van der Waals surface area contributed by atoms with Gasteiger partial charge < -0.3 is 10.0 Å². The van der Waals surface area contributed by atoms with E-state index in [0.29, 0.717) is 5.41 Å². The van der Waals surface area contributed by atoms with Gasteiger partial charge in [-0.1, -0.05) is 13.8 Å². The number of hydrogen-bond donors (Lipinski definition) is 2. The zero-order valence-electron chi connectivity index (χ0n) is 10.1. The third-order valence-corrected chi connectivity index (χ3v) is 4.62. The monoisotopic (exact) mass is 231 g/mol. The fourth-order valence-electron chi connectivity index (χ4n) is 2.30. The molecule has 0 aliphatic carbocycles. The zero-order chi connectivity index (χ0) is 11.3. The lowest BCUT2D eigenvalue weighted by Crippen LogP contribution is -2.43. The second-order valence-electron chi connectivity index (χ2n) is 4.87. The van der Waals surface area contributed by atoms with Crippen LogP contribution in [-0.4, -0.2) is 41.5 Å². The van der Waals surface area contributed by atoms with Crippen molar-refractivity contribution in [3.05, 3.63) is 0 Å². The third-order valence-electron chi connectivity index (χ3n) is 3.95. The van der Waals surface area contributed by atoms with Crippen molar-refractivity contribution in [1.29, 1.82) is 0 Å². The van der Waals surface area contributed by atoms with Crippen molar-refractivity contribution >= 4 is 12.6 Å². The Morgan fingerprint density at radius 1 is 1.27 bits per heavy atom. The van der Waals surface area contributed by atoms with E-state index in [4.69, 9.17) is 0 Å². The molecule has 0 bridgehead atoms. The summed E-state index contributed by atoms with van der Waals surface area (Å²) in [4.78, 5) is 2.50. The van der Waals surface area contributed by atoms with E-state index in [0.717, 1.165) is 38.2 Å². The zero-order valence-corrected chi connectivity index (χ0v) is 11.0. The number of thiol groups is 1. The van der Waals surface area contributed by atoms with Crippen molar-refractivity contribution < 1.29 is 5.11 Å². The number of hydrogen-bond acceptors (Lipinski definition) is 3. The summed E-state index contributed by atoms with van der Waals surface area (Å²) >= 11 is 4.50. The summed E-state index contributed by atoms with van der Waals surface area (Å²) in [6, 6.07) is 0. The minimum atomic E-state index is -0.0603. The Labute approximate surface area is 99.5 Å². The lowest BCUT2D eigenvalue weighted by molar-refractivity contribution is 0.0589. The van der Waals surface area contributed by atoms with Crippen LogP contribution in [0.2, 0.25) is 0 Å². The van der Waals surface area contributed by atoms with Gasteiger partial charge in [-0.05, 0) is 36.9 Å². The Morgan fingerprint density at radius 3 is 2.20 bits per heavy atom. The van der Waals surface area contributed by atoms with Gasteiger partial charge in [0.05, 0.1) is 6.10 Å². The van der Waals surface area contributed by atoms with Gasteiger partial charge in [-0.15, -0.1) is 0 Å². The molecule has 15 heavy (non-hydrogen) atoms. The van der Waals surface area contributed by atoms with Crippen LogP contribution in [0.25, 0.3) is 0 Å². The predicted molar refractivity (Wildman–Crippen MR) is 68.5 cm³/mol. The number of aliphatic hydroxyl groups is 1. The largest absolute Gasteiger partial charge is 0.393 e. The highest BCUT2D eigenvalue weighted by Crippen LogP contribution is 2.30. The average molecular weight is 231 g/mol. The number of nitrogens with zero attached hydrogens (tertiary/aromatic N) is 1. The normalized spacial score (nSPS) is 20.8. The van der Waals surface area contributed by atoms with Crippen LogP contribution in [0.3, 0.4) is 0 Å². The minimum Gasteiger partial charge on any atom is -0.393 e. The van der Waals surface area contributed by atoms with Crippen molar-refractivity contribution in [3.8, 4) is 0 Å². The number of aliphatic hydroxyl groups excluding tert-OH is 1. The molecule has 0 unspecified atom stereocenters. The van der Waals surface area contributed by atoms with Gasteiger partial charge in [0.25, 0.3) is 0 Å². The second kappa shape index (κ2) is 6.12. The molecule has 1 saturated heterocycles. The standard InChI is InChI=1S/C12H25NOS/c1-3-12(4-2,10-15)9-13-7-5-11(14)6-8-13/h11,14-15H,3-10H2,1-2H3. The van der Waals surface area contributed by atoms with E-state index in [2.05, 4.69) is 31.4 Å². The molecule has 0 aromatic carbocycles. The molecule has 1 heterocycles. The Balaban J connectivity index is 2.44. The summed E-state index contributed by atoms with van der Waals surface area (Å²) in [5.41, 5.74) is 0.380.